The molecule has 13 heteroatoms. The fraction of sp³-hybridized carbons (Fsp3) is 0.421. The van der Waals surface area contributed by atoms with E-state index in [0.29, 0.717) is 12.2 Å². The van der Waals surface area contributed by atoms with Gasteiger partial charge in [-0.25, -0.2) is 8.42 Å². The van der Waals surface area contributed by atoms with E-state index in [1.54, 1.807) is 12.1 Å². The smallest absolute Gasteiger partial charge is 0.416 e. The third-order valence-corrected chi connectivity index (χ3v) is 6.83. The van der Waals surface area contributed by atoms with Gasteiger partial charge in [0.25, 0.3) is 0 Å². The number of rotatable bonds is 5. The van der Waals surface area contributed by atoms with Gasteiger partial charge in [0.1, 0.15) is 5.76 Å². The molecule has 0 aliphatic carbocycles. The van der Waals surface area contributed by atoms with Crippen LogP contribution in [0.5, 0.6) is 0 Å². The fourth-order valence-corrected chi connectivity index (χ4v) is 4.74. The van der Waals surface area contributed by atoms with Crippen molar-refractivity contribution in [1.29, 1.82) is 0 Å². The summed E-state index contributed by atoms with van der Waals surface area (Å²) >= 11 is 0. The molecule has 1 aliphatic heterocycles. The van der Waals surface area contributed by atoms with Gasteiger partial charge in [0.15, 0.2) is 0 Å². The number of furan rings is 1. The van der Waals surface area contributed by atoms with Gasteiger partial charge in [-0.05, 0) is 30.3 Å². The Morgan fingerprint density at radius 2 is 1.50 bits per heavy atom. The van der Waals surface area contributed by atoms with Gasteiger partial charge in [-0.3, -0.25) is 4.79 Å². The zero-order valence-corrected chi connectivity index (χ0v) is 17.2. The molecule has 1 amide bonds. The molecule has 6 nitrogen and oxygen atoms in total. The topological polar surface area (TPSA) is 70.8 Å². The van der Waals surface area contributed by atoms with Gasteiger partial charge >= 0.3 is 12.4 Å². The first-order chi connectivity index (χ1) is 14.8. The minimum atomic E-state index is -5.16. The Bertz CT molecular complexity index is 1020. The van der Waals surface area contributed by atoms with Crippen LogP contribution in [0.3, 0.4) is 0 Å². The second-order valence-electron chi connectivity index (χ2n) is 7.11. The van der Waals surface area contributed by atoms with E-state index in [4.69, 9.17) is 4.42 Å². The molecule has 0 atom stereocenters. The van der Waals surface area contributed by atoms with Crippen LogP contribution in [0, 0.1) is 0 Å². The highest BCUT2D eigenvalue weighted by Gasteiger charge is 2.39. The van der Waals surface area contributed by atoms with E-state index in [1.807, 2.05) is 0 Å². The second kappa shape index (κ2) is 8.77. The Balaban J connectivity index is 1.74. The van der Waals surface area contributed by atoms with Crippen LogP contribution in [-0.2, 0) is 33.6 Å². The van der Waals surface area contributed by atoms with Crippen LogP contribution in [0.25, 0.3) is 0 Å². The number of hydrogen-bond donors (Lipinski definition) is 0. The maximum Gasteiger partial charge on any atom is 0.416 e. The lowest BCUT2D eigenvalue weighted by Gasteiger charge is -2.34. The summed E-state index contributed by atoms with van der Waals surface area (Å²) in [4.78, 5) is 12.6. The predicted octanol–water partition coefficient (Wildman–Crippen LogP) is 3.78. The highest BCUT2D eigenvalue weighted by molar-refractivity contribution is 7.89. The van der Waals surface area contributed by atoms with Crippen molar-refractivity contribution in [3.8, 4) is 0 Å². The summed E-state index contributed by atoms with van der Waals surface area (Å²) in [6.07, 6.45) is -8.41. The standard InChI is InChI=1S/C19H18F6N2O4S/c20-18(21,22)13-10-14(19(23,24)25)12-16(11-13)32(29,30)27-7-5-26(6-8-27)17(28)4-3-15-2-1-9-31-15/h1-2,9-12H,3-8H2. The van der Waals surface area contributed by atoms with Gasteiger partial charge in [-0.1, -0.05) is 0 Å². The minimum Gasteiger partial charge on any atom is -0.469 e. The van der Waals surface area contributed by atoms with E-state index in [9.17, 15) is 39.6 Å². The molecule has 0 N–H and O–H groups in total. The summed E-state index contributed by atoms with van der Waals surface area (Å²) in [5, 5.41) is 0. The zero-order chi connectivity index (χ0) is 23.7. The summed E-state index contributed by atoms with van der Waals surface area (Å²) in [5.74, 6) is 0.335. The zero-order valence-electron chi connectivity index (χ0n) is 16.4. The number of hydrogen-bond acceptors (Lipinski definition) is 4. The first kappa shape index (κ1) is 24.1. The summed E-state index contributed by atoms with van der Waals surface area (Å²) < 4.78 is 110. The largest absolute Gasteiger partial charge is 0.469 e. The Kier molecular flexibility index (Phi) is 6.61. The quantitative estimate of drug-likeness (QED) is 0.606. The molecule has 0 radical (unpaired) electrons. The third kappa shape index (κ3) is 5.44. The van der Waals surface area contributed by atoms with E-state index in [2.05, 4.69) is 0 Å². The maximum atomic E-state index is 13.1. The molecule has 1 fully saturated rings. The summed E-state index contributed by atoms with van der Waals surface area (Å²) in [6.45, 7) is -0.596. The number of amides is 1. The minimum absolute atomic E-state index is 0.0404. The number of piperazine rings is 1. The number of alkyl halides is 6. The molecule has 2 heterocycles. The molecule has 176 valence electrons. The Morgan fingerprint density at radius 1 is 0.938 bits per heavy atom. The first-order valence-corrected chi connectivity index (χ1v) is 10.8. The van der Waals surface area contributed by atoms with E-state index in [-0.39, 0.29) is 56.7 Å². The van der Waals surface area contributed by atoms with Gasteiger partial charge in [0, 0.05) is 39.0 Å². The number of nitrogens with zero attached hydrogens (tertiary/aromatic N) is 2. The lowest BCUT2D eigenvalue weighted by atomic mass is 10.1. The van der Waals surface area contributed by atoms with Crippen molar-refractivity contribution in [3.05, 3.63) is 53.5 Å². The normalized spacial score (nSPS) is 16.4. The van der Waals surface area contributed by atoms with Gasteiger partial charge < -0.3 is 9.32 Å². The summed E-state index contributed by atoms with van der Waals surface area (Å²) in [6, 6.07) is 3.61. The van der Waals surface area contributed by atoms with Crippen LogP contribution >= 0.6 is 0 Å². The van der Waals surface area contributed by atoms with Crippen molar-refractivity contribution < 1.29 is 44.0 Å². The number of benzene rings is 1. The number of aryl methyl sites for hydroxylation is 1. The molecule has 1 aliphatic rings. The molecule has 3 rings (SSSR count). The molecule has 0 unspecified atom stereocenters. The summed E-state index contributed by atoms with van der Waals surface area (Å²) in [5.41, 5.74) is -3.42. The molecule has 32 heavy (non-hydrogen) atoms. The van der Waals surface area contributed by atoms with Crippen molar-refractivity contribution >= 4 is 15.9 Å². The van der Waals surface area contributed by atoms with E-state index < -0.39 is 38.4 Å². The number of sulfonamides is 1. The first-order valence-electron chi connectivity index (χ1n) is 9.38. The number of halogens is 6. The Labute approximate surface area is 179 Å². The number of carbonyl (C=O) groups is 1. The average molecular weight is 484 g/mol. The van der Waals surface area contributed by atoms with Crippen molar-refractivity contribution in [2.24, 2.45) is 0 Å². The van der Waals surface area contributed by atoms with Crippen LogP contribution in [0.15, 0.2) is 45.9 Å². The predicted molar refractivity (Wildman–Crippen MR) is 98.8 cm³/mol. The maximum absolute atomic E-state index is 13.1. The fourth-order valence-electron chi connectivity index (χ4n) is 3.25. The monoisotopic (exact) mass is 484 g/mol. The van der Waals surface area contributed by atoms with Crippen LogP contribution in [0.1, 0.15) is 23.3 Å². The highest BCUT2D eigenvalue weighted by atomic mass is 32.2. The average Bonchev–Trinajstić information content (AvgIpc) is 3.24. The lowest BCUT2D eigenvalue weighted by Crippen LogP contribution is -2.50. The molecular formula is C19H18F6N2O4S. The molecule has 2 aromatic rings. The Morgan fingerprint density at radius 3 is 1.97 bits per heavy atom. The van der Waals surface area contributed by atoms with Crippen LogP contribution in [0.4, 0.5) is 26.3 Å². The third-order valence-electron chi connectivity index (χ3n) is 4.96. The number of carbonyl (C=O) groups excluding carboxylic acids is 1. The molecule has 0 spiro atoms. The second-order valence-corrected chi connectivity index (χ2v) is 9.04. The molecule has 0 saturated carbocycles. The van der Waals surface area contributed by atoms with E-state index in [1.165, 1.54) is 11.2 Å². The van der Waals surface area contributed by atoms with Crippen molar-refractivity contribution in [1.82, 2.24) is 9.21 Å². The Hall–Kier alpha value is -2.54. The SMILES string of the molecule is O=C(CCc1ccco1)N1CCN(S(=O)(=O)c2cc(C(F)(F)F)cc(C(F)(F)F)c2)CC1. The van der Waals surface area contributed by atoms with Crippen molar-refractivity contribution in [2.75, 3.05) is 26.2 Å². The van der Waals surface area contributed by atoms with Crippen molar-refractivity contribution in [3.63, 3.8) is 0 Å². The molecule has 0 bridgehead atoms. The van der Waals surface area contributed by atoms with E-state index >= 15 is 0 Å². The molecule has 1 aromatic heterocycles. The lowest BCUT2D eigenvalue weighted by molar-refractivity contribution is -0.143. The summed E-state index contributed by atoms with van der Waals surface area (Å²) in [7, 11) is -4.64. The van der Waals surface area contributed by atoms with E-state index in [0.717, 1.165) is 4.31 Å². The van der Waals surface area contributed by atoms with Crippen LogP contribution in [0.2, 0.25) is 0 Å². The molecule has 1 aromatic carbocycles. The van der Waals surface area contributed by atoms with Gasteiger partial charge in [-0.2, -0.15) is 30.6 Å². The van der Waals surface area contributed by atoms with Crippen LogP contribution < -0.4 is 0 Å². The van der Waals surface area contributed by atoms with Crippen molar-refractivity contribution in [2.45, 2.75) is 30.1 Å². The highest BCUT2D eigenvalue weighted by Crippen LogP contribution is 2.37. The molecular weight excluding hydrogens is 466 g/mol. The van der Waals surface area contributed by atoms with Gasteiger partial charge in [-0.15, -0.1) is 0 Å². The van der Waals surface area contributed by atoms with Gasteiger partial charge in [0.2, 0.25) is 15.9 Å². The van der Waals surface area contributed by atoms with Gasteiger partial charge in [0.05, 0.1) is 22.3 Å². The van der Waals surface area contributed by atoms with Crippen LogP contribution in [-0.4, -0.2) is 49.7 Å². The molecule has 1 saturated heterocycles.